The van der Waals surface area contributed by atoms with E-state index < -0.39 is 0 Å². The van der Waals surface area contributed by atoms with E-state index >= 15 is 0 Å². The molecule has 0 saturated heterocycles. The minimum absolute atomic E-state index is 0.183. The quantitative estimate of drug-likeness (QED) is 0.600. The van der Waals surface area contributed by atoms with Gasteiger partial charge in [-0.15, -0.1) is 0 Å². The summed E-state index contributed by atoms with van der Waals surface area (Å²) in [5, 5.41) is 2.89. The van der Waals surface area contributed by atoms with Gasteiger partial charge in [0.15, 0.2) is 0 Å². The van der Waals surface area contributed by atoms with Crippen LogP contribution in [0.1, 0.15) is 37.0 Å². The number of anilines is 1. The van der Waals surface area contributed by atoms with Gasteiger partial charge in [-0.3, -0.25) is 4.79 Å². The molecule has 0 radical (unpaired) electrons. The first-order chi connectivity index (χ1) is 12.7. The molecule has 5 nitrogen and oxygen atoms in total. The van der Waals surface area contributed by atoms with Crippen molar-refractivity contribution in [2.45, 2.75) is 26.7 Å². The first kappa shape index (κ1) is 19.8. The van der Waals surface area contributed by atoms with Crippen molar-refractivity contribution in [2.75, 3.05) is 31.7 Å². The van der Waals surface area contributed by atoms with Gasteiger partial charge in [0.05, 0.1) is 13.2 Å². The lowest BCUT2D eigenvalue weighted by Gasteiger charge is -2.10. The first-order valence-corrected chi connectivity index (χ1v) is 9.07. The third kappa shape index (κ3) is 6.76. The second-order valence-electron chi connectivity index (χ2n) is 5.76. The molecule has 0 heterocycles. The van der Waals surface area contributed by atoms with Crippen LogP contribution in [0, 0.1) is 0 Å². The highest BCUT2D eigenvalue weighted by molar-refractivity contribution is 6.04. The van der Waals surface area contributed by atoms with E-state index in [1.54, 1.807) is 18.2 Å². The predicted octanol–water partition coefficient (Wildman–Crippen LogP) is 4.53. The Hall–Kier alpha value is -2.53. The predicted molar refractivity (Wildman–Crippen MR) is 103 cm³/mol. The molecule has 2 rings (SSSR count). The SMILES string of the molecule is CCCCOc1cccc(C(=O)Nc2cccc(OCCOCC)c2)c1. The zero-order valence-electron chi connectivity index (χ0n) is 15.5. The number of hydrogen-bond donors (Lipinski definition) is 1. The van der Waals surface area contributed by atoms with Crippen molar-refractivity contribution in [3.63, 3.8) is 0 Å². The molecule has 0 aliphatic heterocycles. The Kier molecular flexibility index (Phi) is 8.49. The summed E-state index contributed by atoms with van der Waals surface area (Å²) < 4.78 is 16.5. The Balaban J connectivity index is 1.93. The molecule has 0 unspecified atom stereocenters. The monoisotopic (exact) mass is 357 g/mol. The fraction of sp³-hybridized carbons (Fsp3) is 0.381. The zero-order chi connectivity index (χ0) is 18.6. The molecule has 0 spiro atoms. The van der Waals surface area contributed by atoms with Crippen molar-refractivity contribution in [1.29, 1.82) is 0 Å². The number of unbranched alkanes of at least 4 members (excludes halogenated alkanes) is 1. The maximum Gasteiger partial charge on any atom is 0.255 e. The largest absolute Gasteiger partial charge is 0.494 e. The normalized spacial score (nSPS) is 10.4. The van der Waals surface area contributed by atoms with Crippen molar-refractivity contribution >= 4 is 11.6 Å². The van der Waals surface area contributed by atoms with Crippen LogP contribution in [0.5, 0.6) is 11.5 Å². The van der Waals surface area contributed by atoms with Crippen molar-refractivity contribution in [3.05, 3.63) is 54.1 Å². The summed E-state index contributed by atoms with van der Waals surface area (Å²) in [6.07, 6.45) is 2.07. The van der Waals surface area contributed by atoms with Crippen molar-refractivity contribution < 1.29 is 19.0 Å². The molecule has 5 heteroatoms. The standard InChI is InChI=1S/C21H27NO4/c1-3-5-12-25-19-10-6-8-17(15-19)21(23)22-18-9-7-11-20(16-18)26-14-13-24-4-2/h6-11,15-16H,3-5,12-14H2,1-2H3,(H,22,23). The van der Waals surface area contributed by atoms with E-state index in [0.717, 1.165) is 12.8 Å². The van der Waals surface area contributed by atoms with Gasteiger partial charge >= 0.3 is 0 Å². The summed E-state index contributed by atoms with van der Waals surface area (Å²) in [7, 11) is 0. The summed E-state index contributed by atoms with van der Waals surface area (Å²) in [5.41, 5.74) is 1.24. The molecule has 0 atom stereocenters. The summed E-state index contributed by atoms with van der Waals surface area (Å²) in [4.78, 5) is 12.5. The summed E-state index contributed by atoms with van der Waals surface area (Å²) in [6, 6.07) is 14.5. The van der Waals surface area contributed by atoms with Gasteiger partial charge in [-0.2, -0.15) is 0 Å². The fourth-order valence-electron chi connectivity index (χ4n) is 2.29. The minimum atomic E-state index is -0.183. The number of nitrogens with one attached hydrogen (secondary N) is 1. The number of hydrogen-bond acceptors (Lipinski definition) is 4. The molecule has 1 N–H and O–H groups in total. The van der Waals surface area contributed by atoms with Gasteiger partial charge in [-0.05, 0) is 43.7 Å². The Morgan fingerprint density at radius 1 is 0.923 bits per heavy atom. The van der Waals surface area contributed by atoms with E-state index in [9.17, 15) is 4.79 Å². The molecule has 1 amide bonds. The lowest BCUT2D eigenvalue weighted by atomic mass is 10.2. The zero-order valence-corrected chi connectivity index (χ0v) is 15.5. The molecule has 2 aromatic rings. The average Bonchev–Trinajstić information content (AvgIpc) is 2.66. The van der Waals surface area contributed by atoms with E-state index in [1.165, 1.54) is 0 Å². The highest BCUT2D eigenvalue weighted by Crippen LogP contribution is 2.19. The van der Waals surface area contributed by atoms with Gasteiger partial charge in [0, 0.05) is 23.9 Å². The Bertz CT molecular complexity index is 687. The fourth-order valence-corrected chi connectivity index (χ4v) is 2.29. The maximum absolute atomic E-state index is 12.5. The van der Waals surface area contributed by atoms with E-state index in [2.05, 4.69) is 12.2 Å². The lowest BCUT2D eigenvalue weighted by Crippen LogP contribution is -2.12. The van der Waals surface area contributed by atoms with Gasteiger partial charge < -0.3 is 19.5 Å². The third-order valence-electron chi connectivity index (χ3n) is 3.66. The van der Waals surface area contributed by atoms with Crippen LogP contribution in [0.15, 0.2) is 48.5 Å². The molecule has 26 heavy (non-hydrogen) atoms. The molecule has 0 aromatic heterocycles. The van der Waals surface area contributed by atoms with Gasteiger partial charge in [0.25, 0.3) is 5.91 Å². The molecular formula is C21H27NO4. The second kappa shape index (κ2) is 11.2. The molecule has 140 valence electrons. The summed E-state index contributed by atoms with van der Waals surface area (Å²) in [6.45, 7) is 6.39. The highest BCUT2D eigenvalue weighted by atomic mass is 16.5. The van der Waals surface area contributed by atoms with Crippen LogP contribution in [-0.2, 0) is 4.74 Å². The number of carbonyl (C=O) groups excluding carboxylic acids is 1. The van der Waals surface area contributed by atoms with Crippen LogP contribution in [0.25, 0.3) is 0 Å². The van der Waals surface area contributed by atoms with E-state index in [1.807, 2.05) is 37.3 Å². The maximum atomic E-state index is 12.5. The Labute approximate surface area is 155 Å². The van der Waals surface area contributed by atoms with Crippen molar-refractivity contribution in [1.82, 2.24) is 0 Å². The van der Waals surface area contributed by atoms with Gasteiger partial charge in [-0.1, -0.05) is 25.5 Å². The minimum Gasteiger partial charge on any atom is -0.494 e. The van der Waals surface area contributed by atoms with Crippen molar-refractivity contribution in [3.8, 4) is 11.5 Å². The van der Waals surface area contributed by atoms with E-state index in [-0.39, 0.29) is 5.91 Å². The van der Waals surface area contributed by atoms with Crippen LogP contribution < -0.4 is 14.8 Å². The molecule has 2 aromatic carbocycles. The lowest BCUT2D eigenvalue weighted by molar-refractivity contribution is 0.102. The Morgan fingerprint density at radius 2 is 1.65 bits per heavy atom. The molecule has 0 saturated carbocycles. The summed E-state index contributed by atoms with van der Waals surface area (Å²) >= 11 is 0. The van der Waals surface area contributed by atoms with Gasteiger partial charge in [0.1, 0.15) is 18.1 Å². The van der Waals surface area contributed by atoms with Gasteiger partial charge in [-0.25, -0.2) is 0 Å². The Morgan fingerprint density at radius 3 is 2.42 bits per heavy atom. The number of ether oxygens (including phenoxy) is 3. The van der Waals surface area contributed by atoms with Crippen LogP contribution in [0.4, 0.5) is 5.69 Å². The van der Waals surface area contributed by atoms with Gasteiger partial charge in [0.2, 0.25) is 0 Å². The van der Waals surface area contributed by atoms with E-state index in [4.69, 9.17) is 14.2 Å². The van der Waals surface area contributed by atoms with E-state index in [0.29, 0.717) is 49.2 Å². The number of rotatable bonds is 11. The highest BCUT2D eigenvalue weighted by Gasteiger charge is 2.08. The molecule has 0 fully saturated rings. The topological polar surface area (TPSA) is 56.8 Å². The smallest absolute Gasteiger partial charge is 0.255 e. The molecule has 0 bridgehead atoms. The number of benzene rings is 2. The molecule has 0 aliphatic carbocycles. The van der Waals surface area contributed by atoms with Crippen LogP contribution in [-0.4, -0.2) is 32.3 Å². The summed E-state index contributed by atoms with van der Waals surface area (Å²) in [5.74, 6) is 1.22. The van der Waals surface area contributed by atoms with Crippen LogP contribution in [0.3, 0.4) is 0 Å². The van der Waals surface area contributed by atoms with Crippen molar-refractivity contribution in [2.24, 2.45) is 0 Å². The van der Waals surface area contributed by atoms with Crippen LogP contribution in [0.2, 0.25) is 0 Å². The second-order valence-corrected chi connectivity index (χ2v) is 5.76. The number of amides is 1. The van der Waals surface area contributed by atoms with Crippen LogP contribution >= 0.6 is 0 Å². The average molecular weight is 357 g/mol. The first-order valence-electron chi connectivity index (χ1n) is 9.07. The molecular weight excluding hydrogens is 330 g/mol. The number of carbonyl (C=O) groups is 1. The third-order valence-corrected chi connectivity index (χ3v) is 3.66. The molecule has 0 aliphatic rings.